The molecule has 84 heavy (non-hydrogen) atoms. The zero-order valence-corrected chi connectivity index (χ0v) is 50.6. The summed E-state index contributed by atoms with van der Waals surface area (Å²) in [5, 5.41) is 9.89. The van der Waals surface area contributed by atoms with Crippen LogP contribution in [0, 0.1) is 17.9 Å². The number of hydrogen-bond donors (Lipinski definition) is 0. The number of rotatable bonds is 36. The van der Waals surface area contributed by atoms with Crippen molar-refractivity contribution in [2.24, 2.45) is 0 Å². The number of carbonyl (C=O) groups is 6. The molecule has 0 amide bonds. The van der Waals surface area contributed by atoms with Crippen LogP contribution in [0.1, 0.15) is 237 Å². The van der Waals surface area contributed by atoms with Gasteiger partial charge in [-0.15, -0.1) is 0 Å². The SMILES string of the molecule is [C-]#[N+]CCOc1c2cc(C(=O)CCCCC)cc1Cc1cc(C(=O)CCCCC)cc(c1OCCOC(=O)C(=C)C)Cc1cc(C(=O)CCCCC)cc(c1OCCC#N)Cc1cc(C(=O)CCCCC)cc(c1OCCOC(=O)C(=C)C)C2. The monoisotopic (exact) mass is 1150 g/mol. The molecule has 5 rings (SSSR count). The third kappa shape index (κ3) is 20.2. The first-order valence-corrected chi connectivity index (χ1v) is 30.2. The Balaban J connectivity index is 2.01. The van der Waals surface area contributed by atoms with Gasteiger partial charge in [-0.05, 0) is 133 Å². The topological polar surface area (TPSA) is 186 Å². The maximum Gasteiger partial charge on any atom is 0.333 e. The van der Waals surface area contributed by atoms with Gasteiger partial charge in [0.25, 0.3) is 0 Å². The van der Waals surface area contributed by atoms with Gasteiger partial charge in [-0.3, -0.25) is 19.2 Å². The predicted molar refractivity (Wildman–Crippen MR) is 326 cm³/mol. The minimum atomic E-state index is -0.590. The third-order valence-electron chi connectivity index (χ3n) is 14.5. The van der Waals surface area contributed by atoms with Gasteiger partial charge in [0, 0.05) is 84.8 Å². The van der Waals surface area contributed by atoms with Crippen molar-refractivity contribution in [2.45, 2.75) is 176 Å². The average Bonchev–Trinajstić information content (AvgIpc) is 3.52. The van der Waals surface area contributed by atoms with Crippen LogP contribution in [0.3, 0.4) is 0 Å². The van der Waals surface area contributed by atoms with E-state index in [-0.39, 0.29) is 138 Å². The lowest BCUT2D eigenvalue weighted by atomic mass is 9.86. The van der Waals surface area contributed by atoms with Gasteiger partial charge in [0.2, 0.25) is 6.54 Å². The standard InChI is InChI=1S/C70H86N2O12/c1-10-14-18-23-61(73)49-35-53-43-57-39-51(63(75)25-20-16-12-3)41-59(67(57)81-31-33-83-69(77)47(5)6)45-55-37-50(62(74)24-19-15-11-2)38-56(66(55)80-30-28-72-9)46-60-42-52(64(76)26-21-17-13-4)40-58(44-54(36-49)65(53)79-29-22-27-71)68(60)82-32-34-84-70(78)48(7)8/h35-42H,5,7,10-26,28-34,43-46H2,1-4,6,8H3. The van der Waals surface area contributed by atoms with Crippen LogP contribution < -0.4 is 18.9 Å². The molecule has 0 aliphatic heterocycles. The van der Waals surface area contributed by atoms with E-state index in [1.807, 2.05) is 48.5 Å². The van der Waals surface area contributed by atoms with E-state index < -0.39 is 11.9 Å². The molecule has 448 valence electrons. The molecule has 1 aliphatic carbocycles. The van der Waals surface area contributed by atoms with Gasteiger partial charge in [0.15, 0.2) is 29.7 Å². The molecular weight excluding hydrogens is 1060 g/mol. The van der Waals surface area contributed by atoms with Gasteiger partial charge >= 0.3 is 11.9 Å². The molecule has 0 saturated carbocycles. The highest BCUT2D eigenvalue weighted by Gasteiger charge is 2.28. The average molecular weight is 1150 g/mol. The van der Waals surface area contributed by atoms with E-state index in [1.54, 1.807) is 13.8 Å². The Labute approximate surface area is 498 Å². The van der Waals surface area contributed by atoms with Crippen LogP contribution in [-0.2, 0) is 44.7 Å². The maximum absolute atomic E-state index is 14.6. The molecule has 14 heteroatoms. The van der Waals surface area contributed by atoms with Crippen LogP contribution in [0.5, 0.6) is 23.0 Å². The highest BCUT2D eigenvalue weighted by molar-refractivity contribution is 5.99. The van der Waals surface area contributed by atoms with Gasteiger partial charge in [-0.1, -0.05) is 92.2 Å². The second-order valence-electron chi connectivity index (χ2n) is 21.7. The number of benzene rings is 4. The molecule has 4 aromatic rings. The highest BCUT2D eigenvalue weighted by atomic mass is 16.6. The maximum atomic E-state index is 14.6. The highest BCUT2D eigenvalue weighted by Crippen LogP contribution is 2.42. The second kappa shape index (κ2) is 35.3. The zero-order chi connectivity index (χ0) is 61.0. The van der Waals surface area contributed by atoms with Crippen molar-refractivity contribution in [1.82, 2.24) is 0 Å². The number of ketones is 4. The molecule has 0 spiro atoms. The quantitative estimate of drug-likeness (QED) is 0.0121. The number of fused-ring (bicyclic) bond motifs is 8. The van der Waals surface area contributed by atoms with Gasteiger partial charge in [-0.25, -0.2) is 16.2 Å². The van der Waals surface area contributed by atoms with E-state index in [0.29, 0.717) is 115 Å². The Morgan fingerprint density at radius 2 is 0.702 bits per heavy atom. The van der Waals surface area contributed by atoms with Gasteiger partial charge in [-0.2, -0.15) is 5.26 Å². The zero-order valence-electron chi connectivity index (χ0n) is 50.6. The normalized spacial score (nSPS) is 11.6. The van der Waals surface area contributed by atoms with E-state index in [0.717, 1.165) is 51.4 Å². The fourth-order valence-corrected chi connectivity index (χ4v) is 10.2. The number of esters is 2. The van der Waals surface area contributed by atoms with Crippen LogP contribution in [-0.4, -0.2) is 81.3 Å². The van der Waals surface area contributed by atoms with Crippen molar-refractivity contribution in [1.29, 1.82) is 5.26 Å². The fourth-order valence-electron chi connectivity index (χ4n) is 10.2. The summed E-state index contributed by atoms with van der Waals surface area (Å²) in [6.45, 7) is 26.1. The number of hydrogen-bond acceptors (Lipinski definition) is 13. The molecule has 0 saturated heterocycles. The van der Waals surface area contributed by atoms with Crippen LogP contribution in [0.15, 0.2) is 72.8 Å². The van der Waals surface area contributed by atoms with Crippen LogP contribution in [0.2, 0.25) is 0 Å². The lowest BCUT2D eigenvalue weighted by Crippen LogP contribution is -2.16. The summed E-state index contributed by atoms with van der Waals surface area (Å²) in [4.78, 5) is 87.3. The lowest BCUT2D eigenvalue weighted by molar-refractivity contribution is -0.140. The Hall–Kier alpha value is -7.84. The number of Topliss-reactive ketones (excluding diaryl/α,β-unsaturated/α-hetero) is 4. The van der Waals surface area contributed by atoms with Crippen LogP contribution >= 0.6 is 0 Å². The number of carbonyl (C=O) groups excluding carboxylic acids is 6. The van der Waals surface area contributed by atoms with E-state index in [2.05, 4.69) is 51.8 Å². The largest absolute Gasteiger partial charge is 0.492 e. The van der Waals surface area contributed by atoms with Crippen molar-refractivity contribution in [3.8, 4) is 29.1 Å². The van der Waals surface area contributed by atoms with Crippen LogP contribution in [0.25, 0.3) is 4.85 Å². The van der Waals surface area contributed by atoms with E-state index >= 15 is 0 Å². The first-order chi connectivity index (χ1) is 40.6. The van der Waals surface area contributed by atoms with Crippen molar-refractivity contribution in [3.05, 3.63) is 151 Å². The Morgan fingerprint density at radius 3 is 0.940 bits per heavy atom. The predicted octanol–water partition coefficient (Wildman–Crippen LogP) is 15.0. The first-order valence-electron chi connectivity index (χ1n) is 30.2. The molecule has 14 nitrogen and oxygen atoms in total. The molecule has 0 unspecified atom stereocenters. The number of nitriles is 1. The molecule has 0 heterocycles. The van der Waals surface area contributed by atoms with Gasteiger partial charge in [0.05, 0.1) is 12.5 Å². The summed E-state index contributed by atoms with van der Waals surface area (Å²) in [6.07, 6.45) is 11.0. The summed E-state index contributed by atoms with van der Waals surface area (Å²) in [6, 6.07) is 16.7. The lowest BCUT2D eigenvalue weighted by Gasteiger charge is -2.24. The van der Waals surface area contributed by atoms with Crippen molar-refractivity contribution < 1.29 is 57.2 Å². The van der Waals surface area contributed by atoms with Crippen LogP contribution in [0.4, 0.5) is 0 Å². The van der Waals surface area contributed by atoms with E-state index in [4.69, 9.17) is 35.0 Å². The Morgan fingerprint density at radius 1 is 0.440 bits per heavy atom. The summed E-state index contributed by atoms with van der Waals surface area (Å²) < 4.78 is 38.1. The van der Waals surface area contributed by atoms with Crippen molar-refractivity contribution >= 4 is 35.1 Å². The number of ether oxygens (including phenoxy) is 6. The molecule has 4 aromatic carbocycles. The van der Waals surface area contributed by atoms with Crippen molar-refractivity contribution in [3.63, 3.8) is 0 Å². The molecule has 0 aromatic heterocycles. The van der Waals surface area contributed by atoms with Gasteiger partial charge in [0.1, 0.15) is 56.0 Å². The second-order valence-corrected chi connectivity index (χ2v) is 21.7. The third-order valence-corrected chi connectivity index (χ3v) is 14.5. The minimum absolute atomic E-state index is 0.00664. The molecule has 0 radical (unpaired) electrons. The Bertz CT molecular complexity index is 2780. The van der Waals surface area contributed by atoms with E-state index in [9.17, 15) is 34.0 Å². The molecular formula is C70H86N2O12. The molecule has 1 aliphatic rings. The summed E-state index contributed by atoms with van der Waals surface area (Å²) >= 11 is 0. The van der Waals surface area contributed by atoms with E-state index in [1.165, 1.54) is 0 Å². The molecule has 0 fully saturated rings. The molecule has 0 N–H and O–H groups in total. The summed E-state index contributed by atoms with van der Waals surface area (Å²) in [5.74, 6) is -0.0363. The number of unbranched alkanes of at least 4 members (excludes halogenated alkanes) is 8. The number of nitrogens with zero attached hydrogens (tertiary/aromatic N) is 2. The minimum Gasteiger partial charge on any atom is -0.492 e. The smallest absolute Gasteiger partial charge is 0.333 e. The van der Waals surface area contributed by atoms with Gasteiger partial charge < -0.3 is 33.3 Å². The fraction of sp³-hybridized carbons (Fsp3) is 0.486. The van der Waals surface area contributed by atoms with Crippen molar-refractivity contribution in [2.75, 3.05) is 46.2 Å². The molecule has 8 bridgehead atoms. The molecule has 0 atom stereocenters. The first kappa shape index (κ1) is 67.0. The summed E-state index contributed by atoms with van der Waals surface area (Å²) in [7, 11) is 0. The summed E-state index contributed by atoms with van der Waals surface area (Å²) in [5.41, 5.74) is 6.55. The Kier molecular flexibility index (Phi) is 28.2.